The zero-order valence-electron chi connectivity index (χ0n) is 10.2. The Morgan fingerprint density at radius 2 is 2.28 bits per heavy atom. The SMILES string of the molecule is Cc1cc2c(N(C)Cc3ncn[nH]3)nccn2n1. The topological polar surface area (TPSA) is 75.0 Å². The summed E-state index contributed by atoms with van der Waals surface area (Å²) in [6.07, 6.45) is 5.08. The first-order valence-electron chi connectivity index (χ1n) is 5.60. The predicted molar refractivity (Wildman–Crippen MR) is 66.2 cm³/mol. The molecular weight excluding hydrogens is 230 g/mol. The highest BCUT2D eigenvalue weighted by Gasteiger charge is 2.11. The molecule has 0 bridgehead atoms. The van der Waals surface area contributed by atoms with E-state index in [2.05, 4.69) is 25.3 Å². The normalized spacial score (nSPS) is 11.0. The molecule has 1 N–H and O–H groups in total. The summed E-state index contributed by atoms with van der Waals surface area (Å²) in [6, 6.07) is 2.01. The number of aromatic amines is 1. The summed E-state index contributed by atoms with van der Waals surface area (Å²) in [5.74, 6) is 1.67. The van der Waals surface area contributed by atoms with Crippen LogP contribution in [-0.2, 0) is 6.54 Å². The van der Waals surface area contributed by atoms with Crippen LogP contribution in [0.3, 0.4) is 0 Å². The average molecular weight is 243 g/mol. The molecule has 0 fully saturated rings. The van der Waals surface area contributed by atoms with E-state index in [0.717, 1.165) is 22.9 Å². The molecule has 3 heterocycles. The quantitative estimate of drug-likeness (QED) is 0.736. The van der Waals surface area contributed by atoms with Gasteiger partial charge in [0.2, 0.25) is 0 Å². The van der Waals surface area contributed by atoms with Crippen molar-refractivity contribution in [3.05, 3.63) is 36.3 Å². The minimum atomic E-state index is 0.622. The molecule has 18 heavy (non-hydrogen) atoms. The van der Waals surface area contributed by atoms with Gasteiger partial charge in [0.25, 0.3) is 0 Å². The van der Waals surface area contributed by atoms with E-state index in [1.807, 2.05) is 35.6 Å². The number of hydrogen-bond acceptors (Lipinski definition) is 5. The van der Waals surface area contributed by atoms with Crippen LogP contribution in [-0.4, -0.2) is 36.8 Å². The molecule has 0 atom stereocenters. The number of anilines is 1. The van der Waals surface area contributed by atoms with Crippen LogP contribution in [0.4, 0.5) is 5.82 Å². The molecule has 0 aliphatic heterocycles. The lowest BCUT2D eigenvalue weighted by atomic mass is 10.4. The maximum absolute atomic E-state index is 4.40. The maximum Gasteiger partial charge on any atom is 0.154 e. The summed E-state index contributed by atoms with van der Waals surface area (Å²) in [5.41, 5.74) is 1.95. The van der Waals surface area contributed by atoms with Crippen LogP contribution in [0.15, 0.2) is 24.8 Å². The largest absolute Gasteiger partial charge is 0.350 e. The van der Waals surface area contributed by atoms with E-state index in [1.54, 1.807) is 6.20 Å². The Morgan fingerprint density at radius 3 is 3.06 bits per heavy atom. The zero-order valence-corrected chi connectivity index (χ0v) is 10.2. The molecule has 0 amide bonds. The Kier molecular flexibility index (Phi) is 2.44. The number of fused-ring (bicyclic) bond motifs is 1. The first-order chi connectivity index (χ1) is 8.74. The Bertz CT molecular complexity index is 655. The van der Waals surface area contributed by atoms with Gasteiger partial charge in [-0.15, -0.1) is 0 Å². The number of nitrogens with zero attached hydrogens (tertiary/aromatic N) is 6. The number of H-pyrrole nitrogens is 1. The van der Waals surface area contributed by atoms with Gasteiger partial charge in [0.05, 0.1) is 12.2 Å². The molecule has 0 saturated heterocycles. The van der Waals surface area contributed by atoms with Gasteiger partial charge in [-0.25, -0.2) is 14.5 Å². The van der Waals surface area contributed by atoms with Crippen molar-refractivity contribution >= 4 is 11.3 Å². The van der Waals surface area contributed by atoms with Gasteiger partial charge in [-0.2, -0.15) is 10.2 Å². The van der Waals surface area contributed by atoms with Gasteiger partial charge in [0.1, 0.15) is 17.7 Å². The summed E-state index contributed by atoms with van der Waals surface area (Å²) in [6.45, 7) is 2.59. The van der Waals surface area contributed by atoms with E-state index in [-0.39, 0.29) is 0 Å². The van der Waals surface area contributed by atoms with Crippen molar-refractivity contribution in [1.82, 2.24) is 29.8 Å². The second-order valence-electron chi connectivity index (χ2n) is 4.15. The van der Waals surface area contributed by atoms with Gasteiger partial charge < -0.3 is 4.90 Å². The molecule has 0 aliphatic carbocycles. The fraction of sp³-hybridized carbons (Fsp3) is 0.273. The van der Waals surface area contributed by atoms with Gasteiger partial charge in [0, 0.05) is 19.4 Å². The minimum absolute atomic E-state index is 0.622. The highest BCUT2D eigenvalue weighted by molar-refractivity contribution is 5.68. The van der Waals surface area contributed by atoms with Gasteiger partial charge in [-0.1, -0.05) is 0 Å². The average Bonchev–Trinajstić information content (AvgIpc) is 2.95. The smallest absolute Gasteiger partial charge is 0.154 e. The summed E-state index contributed by atoms with van der Waals surface area (Å²) >= 11 is 0. The molecule has 0 aromatic carbocycles. The van der Waals surface area contributed by atoms with Crippen LogP contribution in [0, 0.1) is 6.92 Å². The Balaban J connectivity index is 1.98. The van der Waals surface area contributed by atoms with Crippen molar-refractivity contribution in [1.29, 1.82) is 0 Å². The summed E-state index contributed by atoms with van der Waals surface area (Å²) in [5, 5.41) is 11.0. The summed E-state index contributed by atoms with van der Waals surface area (Å²) in [4.78, 5) is 10.5. The van der Waals surface area contributed by atoms with Crippen LogP contribution in [0.2, 0.25) is 0 Å². The van der Waals surface area contributed by atoms with Gasteiger partial charge in [-0.3, -0.25) is 5.10 Å². The van der Waals surface area contributed by atoms with Crippen LogP contribution in [0.5, 0.6) is 0 Å². The minimum Gasteiger partial charge on any atom is -0.350 e. The molecule has 3 aromatic heterocycles. The molecule has 92 valence electrons. The second-order valence-corrected chi connectivity index (χ2v) is 4.15. The lowest BCUT2D eigenvalue weighted by molar-refractivity contribution is 0.823. The lowest BCUT2D eigenvalue weighted by Crippen LogP contribution is -2.19. The Morgan fingerprint density at radius 1 is 1.39 bits per heavy atom. The molecule has 0 radical (unpaired) electrons. The zero-order chi connectivity index (χ0) is 12.5. The third-order valence-electron chi connectivity index (χ3n) is 2.71. The fourth-order valence-electron chi connectivity index (χ4n) is 1.93. The van der Waals surface area contributed by atoms with Crippen molar-refractivity contribution in [2.24, 2.45) is 0 Å². The number of aryl methyl sites for hydroxylation is 1. The first kappa shape index (κ1) is 10.7. The van der Waals surface area contributed by atoms with Gasteiger partial charge >= 0.3 is 0 Å². The van der Waals surface area contributed by atoms with E-state index >= 15 is 0 Å². The lowest BCUT2D eigenvalue weighted by Gasteiger charge is -2.17. The number of aromatic nitrogens is 6. The molecule has 0 saturated carbocycles. The van der Waals surface area contributed by atoms with Crippen molar-refractivity contribution in [3.63, 3.8) is 0 Å². The molecule has 7 heteroatoms. The predicted octanol–water partition coefficient (Wildman–Crippen LogP) is 0.792. The number of rotatable bonds is 3. The monoisotopic (exact) mass is 243 g/mol. The van der Waals surface area contributed by atoms with E-state index in [1.165, 1.54) is 6.33 Å². The van der Waals surface area contributed by atoms with E-state index in [0.29, 0.717) is 6.54 Å². The molecule has 0 aliphatic rings. The number of nitrogens with one attached hydrogen (secondary N) is 1. The fourth-order valence-corrected chi connectivity index (χ4v) is 1.93. The Labute approximate surface area is 103 Å². The Hall–Kier alpha value is -2.44. The van der Waals surface area contributed by atoms with Crippen molar-refractivity contribution in [2.45, 2.75) is 13.5 Å². The molecule has 0 unspecified atom stereocenters. The highest BCUT2D eigenvalue weighted by Crippen LogP contribution is 2.19. The first-order valence-corrected chi connectivity index (χ1v) is 5.60. The molecule has 3 rings (SSSR count). The standard InChI is InChI=1S/C11H13N7/c1-8-5-9-11(12-3-4-18(9)16-8)17(2)6-10-13-7-14-15-10/h3-5,7H,6H2,1-2H3,(H,13,14,15). The third-order valence-corrected chi connectivity index (χ3v) is 2.71. The molecule has 0 spiro atoms. The number of hydrogen-bond donors (Lipinski definition) is 1. The molecular formula is C11H13N7. The van der Waals surface area contributed by atoms with E-state index < -0.39 is 0 Å². The van der Waals surface area contributed by atoms with Crippen LogP contribution < -0.4 is 4.90 Å². The summed E-state index contributed by atoms with van der Waals surface area (Å²) in [7, 11) is 1.97. The van der Waals surface area contributed by atoms with Crippen molar-refractivity contribution < 1.29 is 0 Å². The second kappa shape index (κ2) is 4.10. The third kappa shape index (κ3) is 1.79. The molecule has 3 aromatic rings. The van der Waals surface area contributed by atoms with Crippen LogP contribution in [0.25, 0.3) is 5.52 Å². The van der Waals surface area contributed by atoms with Crippen molar-refractivity contribution in [3.8, 4) is 0 Å². The van der Waals surface area contributed by atoms with Crippen LogP contribution >= 0.6 is 0 Å². The van der Waals surface area contributed by atoms with Crippen LogP contribution in [0.1, 0.15) is 11.5 Å². The summed E-state index contributed by atoms with van der Waals surface area (Å²) < 4.78 is 1.83. The van der Waals surface area contributed by atoms with Gasteiger partial charge in [-0.05, 0) is 13.0 Å². The van der Waals surface area contributed by atoms with E-state index in [4.69, 9.17) is 0 Å². The van der Waals surface area contributed by atoms with Gasteiger partial charge in [0.15, 0.2) is 5.82 Å². The van der Waals surface area contributed by atoms with E-state index in [9.17, 15) is 0 Å². The highest BCUT2D eigenvalue weighted by atomic mass is 15.3. The maximum atomic E-state index is 4.40. The van der Waals surface area contributed by atoms with Crippen molar-refractivity contribution in [2.75, 3.05) is 11.9 Å². The molecule has 7 nitrogen and oxygen atoms in total.